The molecule has 0 saturated carbocycles. The second-order valence-corrected chi connectivity index (χ2v) is 4.81. The van der Waals surface area contributed by atoms with Gasteiger partial charge in [-0.3, -0.25) is 9.59 Å². The molecule has 1 saturated heterocycles. The molecular weight excluding hydrogens is 222 g/mol. The highest BCUT2D eigenvalue weighted by Gasteiger charge is 2.47. The number of amides is 1. The predicted octanol–water partition coefficient (Wildman–Crippen LogP) is 1.17. The van der Waals surface area contributed by atoms with Crippen LogP contribution in [0.5, 0.6) is 0 Å². The summed E-state index contributed by atoms with van der Waals surface area (Å²) < 4.78 is 5.16. The molecular formula is C12H21NO4. The van der Waals surface area contributed by atoms with E-state index in [0.717, 1.165) is 19.3 Å². The lowest BCUT2D eigenvalue weighted by molar-refractivity contribution is -0.149. The van der Waals surface area contributed by atoms with E-state index in [1.165, 1.54) is 0 Å². The minimum absolute atomic E-state index is 0.0820. The van der Waals surface area contributed by atoms with Crippen molar-refractivity contribution in [3.8, 4) is 0 Å². The van der Waals surface area contributed by atoms with Gasteiger partial charge in [-0.1, -0.05) is 19.8 Å². The largest absolute Gasteiger partial charge is 0.481 e. The average molecular weight is 243 g/mol. The van der Waals surface area contributed by atoms with Gasteiger partial charge in [0.15, 0.2) is 0 Å². The maximum Gasteiger partial charge on any atom is 0.313 e. The van der Waals surface area contributed by atoms with Crippen LogP contribution in [0.15, 0.2) is 0 Å². The first-order chi connectivity index (χ1) is 8.00. The van der Waals surface area contributed by atoms with Crippen molar-refractivity contribution in [3.05, 3.63) is 0 Å². The molecule has 5 heteroatoms. The van der Waals surface area contributed by atoms with Gasteiger partial charge in [-0.15, -0.1) is 0 Å². The molecule has 1 amide bonds. The van der Waals surface area contributed by atoms with Gasteiger partial charge in [0.25, 0.3) is 0 Å². The fourth-order valence-corrected chi connectivity index (χ4v) is 1.89. The van der Waals surface area contributed by atoms with Gasteiger partial charge in [0, 0.05) is 6.42 Å². The van der Waals surface area contributed by atoms with Crippen molar-refractivity contribution >= 4 is 11.9 Å². The normalized spacial score (nSPS) is 28.0. The van der Waals surface area contributed by atoms with Gasteiger partial charge in [-0.25, -0.2) is 0 Å². The number of carbonyl (C=O) groups excluding carboxylic acids is 1. The van der Waals surface area contributed by atoms with Gasteiger partial charge in [0.05, 0.1) is 19.3 Å². The number of ether oxygens (including phenoxy) is 1. The van der Waals surface area contributed by atoms with Crippen LogP contribution in [-0.2, 0) is 14.3 Å². The first-order valence-corrected chi connectivity index (χ1v) is 6.11. The number of rotatable bonds is 6. The fraction of sp³-hybridized carbons (Fsp3) is 0.833. The highest BCUT2D eigenvalue weighted by atomic mass is 16.5. The van der Waals surface area contributed by atoms with Crippen LogP contribution < -0.4 is 5.32 Å². The standard InChI is InChI=1S/C12H21NO4/c1-3-4-5-6-10(14)13-9-7-17-8-12(9,2)11(15)16/h9H,3-8H2,1-2H3,(H,13,14)(H,15,16). The van der Waals surface area contributed by atoms with E-state index in [1.807, 2.05) is 0 Å². The number of carboxylic acid groups (broad SMARTS) is 1. The Morgan fingerprint density at radius 1 is 1.47 bits per heavy atom. The van der Waals surface area contributed by atoms with E-state index in [4.69, 9.17) is 9.84 Å². The van der Waals surface area contributed by atoms with Crippen molar-refractivity contribution in [2.24, 2.45) is 5.41 Å². The van der Waals surface area contributed by atoms with E-state index in [2.05, 4.69) is 12.2 Å². The summed E-state index contributed by atoms with van der Waals surface area (Å²) >= 11 is 0. The molecule has 0 aromatic rings. The van der Waals surface area contributed by atoms with E-state index >= 15 is 0 Å². The highest BCUT2D eigenvalue weighted by molar-refractivity contribution is 5.80. The summed E-state index contributed by atoms with van der Waals surface area (Å²) in [5.74, 6) is -1.00. The van der Waals surface area contributed by atoms with Gasteiger partial charge in [0.1, 0.15) is 5.41 Å². The Morgan fingerprint density at radius 3 is 2.76 bits per heavy atom. The van der Waals surface area contributed by atoms with E-state index in [1.54, 1.807) is 6.92 Å². The number of nitrogens with one attached hydrogen (secondary N) is 1. The third-order valence-corrected chi connectivity index (χ3v) is 3.29. The molecule has 17 heavy (non-hydrogen) atoms. The van der Waals surface area contributed by atoms with Gasteiger partial charge in [0.2, 0.25) is 5.91 Å². The van der Waals surface area contributed by atoms with Crippen molar-refractivity contribution in [2.45, 2.75) is 45.6 Å². The molecule has 1 aliphatic rings. The van der Waals surface area contributed by atoms with Crippen molar-refractivity contribution in [1.82, 2.24) is 5.32 Å². The quantitative estimate of drug-likeness (QED) is 0.687. The number of hydrogen-bond acceptors (Lipinski definition) is 3. The Bertz CT molecular complexity index is 292. The molecule has 1 heterocycles. The zero-order valence-corrected chi connectivity index (χ0v) is 10.5. The van der Waals surface area contributed by atoms with Gasteiger partial charge in [-0.05, 0) is 13.3 Å². The topological polar surface area (TPSA) is 75.6 Å². The van der Waals surface area contributed by atoms with Crippen LogP contribution in [0.4, 0.5) is 0 Å². The van der Waals surface area contributed by atoms with Crippen LogP contribution in [0.1, 0.15) is 39.5 Å². The smallest absolute Gasteiger partial charge is 0.313 e. The van der Waals surface area contributed by atoms with Gasteiger partial charge < -0.3 is 15.2 Å². The molecule has 0 aromatic carbocycles. The number of unbranched alkanes of at least 4 members (excludes halogenated alkanes) is 2. The molecule has 0 bridgehead atoms. The molecule has 2 atom stereocenters. The summed E-state index contributed by atoms with van der Waals surface area (Å²) in [6.07, 6.45) is 3.39. The summed E-state index contributed by atoms with van der Waals surface area (Å²) in [6, 6.07) is -0.422. The Kier molecular flexibility index (Phi) is 4.93. The molecule has 0 aromatic heterocycles. The molecule has 2 unspecified atom stereocenters. The molecule has 5 nitrogen and oxygen atoms in total. The summed E-state index contributed by atoms with van der Waals surface area (Å²) in [5, 5.41) is 11.9. The number of carboxylic acids is 1. The summed E-state index contributed by atoms with van der Waals surface area (Å²) in [4.78, 5) is 22.8. The van der Waals surface area contributed by atoms with E-state index < -0.39 is 17.4 Å². The highest BCUT2D eigenvalue weighted by Crippen LogP contribution is 2.28. The van der Waals surface area contributed by atoms with Crippen LogP contribution in [0.25, 0.3) is 0 Å². The zero-order valence-electron chi connectivity index (χ0n) is 10.5. The zero-order chi connectivity index (χ0) is 12.9. The summed E-state index contributed by atoms with van der Waals surface area (Å²) in [5.41, 5.74) is -1.000. The second kappa shape index (κ2) is 6.00. The number of carbonyl (C=O) groups is 2. The van der Waals surface area contributed by atoms with Crippen molar-refractivity contribution < 1.29 is 19.4 Å². The molecule has 1 rings (SSSR count). The van der Waals surface area contributed by atoms with Crippen LogP contribution in [0.3, 0.4) is 0 Å². The molecule has 2 N–H and O–H groups in total. The van der Waals surface area contributed by atoms with Crippen LogP contribution in [0, 0.1) is 5.41 Å². The predicted molar refractivity (Wildman–Crippen MR) is 62.6 cm³/mol. The van der Waals surface area contributed by atoms with Crippen LogP contribution in [0.2, 0.25) is 0 Å². The molecule has 98 valence electrons. The van der Waals surface area contributed by atoms with Gasteiger partial charge >= 0.3 is 5.97 Å². The van der Waals surface area contributed by atoms with Crippen LogP contribution >= 0.6 is 0 Å². The number of hydrogen-bond donors (Lipinski definition) is 2. The molecule has 1 fully saturated rings. The Labute approximate surface area is 102 Å². The summed E-state index contributed by atoms with van der Waals surface area (Å²) in [7, 11) is 0. The first-order valence-electron chi connectivity index (χ1n) is 6.11. The second-order valence-electron chi connectivity index (χ2n) is 4.81. The molecule has 1 aliphatic heterocycles. The Balaban J connectivity index is 2.45. The molecule has 0 spiro atoms. The van der Waals surface area contributed by atoms with E-state index in [9.17, 15) is 9.59 Å². The van der Waals surface area contributed by atoms with Gasteiger partial charge in [-0.2, -0.15) is 0 Å². The van der Waals surface area contributed by atoms with Crippen LogP contribution in [-0.4, -0.2) is 36.2 Å². The summed E-state index contributed by atoms with van der Waals surface area (Å²) in [6.45, 7) is 4.12. The third-order valence-electron chi connectivity index (χ3n) is 3.29. The SMILES string of the molecule is CCCCCC(=O)NC1COCC1(C)C(=O)O. The fourth-order valence-electron chi connectivity index (χ4n) is 1.89. The first kappa shape index (κ1) is 14.0. The lowest BCUT2D eigenvalue weighted by atomic mass is 9.85. The maximum absolute atomic E-state index is 11.6. The molecule has 0 aliphatic carbocycles. The Hall–Kier alpha value is -1.10. The van der Waals surface area contributed by atoms with Crippen molar-refractivity contribution in [3.63, 3.8) is 0 Å². The third kappa shape index (κ3) is 3.43. The maximum atomic E-state index is 11.6. The van der Waals surface area contributed by atoms with E-state index in [-0.39, 0.29) is 19.1 Å². The van der Waals surface area contributed by atoms with E-state index in [0.29, 0.717) is 6.42 Å². The minimum Gasteiger partial charge on any atom is -0.481 e. The lowest BCUT2D eigenvalue weighted by Gasteiger charge is -2.25. The minimum atomic E-state index is -1.000. The molecule has 0 radical (unpaired) electrons. The lowest BCUT2D eigenvalue weighted by Crippen LogP contribution is -2.49. The monoisotopic (exact) mass is 243 g/mol. The average Bonchev–Trinajstić information content (AvgIpc) is 2.62. The van der Waals surface area contributed by atoms with Crippen molar-refractivity contribution in [1.29, 1.82) is 0 Å². The van der Waals surface area contributed by atoms with Crippen molar-refractivity contribution in [2.75, 3.05) is 13.2 Å². The number of aliphatic carboxylic acids is 1. The Morgan fingerprint density at radius 2 is 2.18 bits per heavy atom.